The molecule has 2 heteroatoms. The lowest BCUT2D eigenvalue weighted by Gasteiger charge is -2.62. The zero-order valence-corrected chi connectivity index (χ0v) is 15.1. The van der Waals surface area contributed by atoms with Crippen LogP contribution in [-0.4, -0.2) is 22.4 Å². The van der Waals surface area contributed by atoms with E-state index in [9.17, 15) is 10.2 Å². The molecule has 0 aliphatic heterocycles. The van der Waals surface area contributed by atoms with Crippen molar-refractivity contribution in [3.8, 4) is 0 Å². The Morgan fingerprint density at radius 1 is 1.09 bits per heavy atom. The van der Waals surface area contributed by atoms with Crippen LogP contribution < -0.4 is 0 Å². The number of rotatable bonds is 0. The van der Waals surface area contributed by atoms with Crippen LogP contribution in [0.3, 0.4) is 0 Å². The van der Waals surface area contributed by atoms with Crippen LogP contribution in [0.2, 0.25) is 0 Å². The van der Waals surface area contributed by atoms with Crippen molar-refractivity contribution < 1.29 is 10.2 Å². The number of allylic oxidation sites excluding steroid dienone is 2. The van der Waals surface area contributed by atoms with Gasteiger partial charge in [-0.3, -0.25) is 0 Å². The first-order valence-electron chi connectivity index (χ1n) is 9.92. The van der Waals surface area contributed by atoms with Crippen molar-refractivity contribution >= 4 is 0 Å². The summed E-state index contributed by atoms with van der Waals surface area (Å²) in [5.41, 5.74) is 2.10. The fourth-order valence-corrected chi connectivity index (χ4v) is 7.68. The molecule has 0 amide bonds. The maximum absolute atomic E-state index is 11.2. The van der Waals surface area contributed by atoms with Gasteiger partial charge in [-0.05, 0) is 92.8 Å². The van der Waals surface area contributed by atoms with E-state index < -0.39 is 0 Å². The average Bonchev–Trinajstić information content (AvgIpc) is 2.83. The minimum Gasteiger partial charge on any atom is -0.393 e. The molecule has 0 aromatic heterocycles. The molecule has 8 unspecified atom stereocenters. The van der Waals surface area contributed by atoms with Gasteiger partial charge in [-0.15, -0.1) is 0 Å². The van der Waals surface area contributed by atoms with Gasteiger partial charge in [0.15, 0.2) is 0 Å². The Bertz CT molecular complexity index is 512. The predicted octanol–water partition coefficient (Wildman–Crippen LogP) is 4.31. The molecule has 4 aliphatic rings. The molecule has 0 aromatic rings. The summed E-state index contributed by atoms with van der Waals surface area (Å²) < 4.78 is 0. The summed E-state index contributed by atoms with van der Waals surface area (Å²) in [6.07, 6.45) is 11.1. The average molecular weight is 319 g/mol. The van der Waals surface area contributed by atoms with Crippen LogP contribution in [0.15, 0.2) is 11.6 Å². The molecule has 0 bridgehead atoms. The second kappa shape index (κ2) is 5.33. The molecule has 4 aliphatic carbocycles. The van der Waals surface area contributed by atoms with Crippen molar-refractivity contribution in [2.24, 2.45) is 34.5 Å². The first kappa shape index (κ1) is 16.1. The molecule has 0 spiro atoms. The number of fused-ring (bicyclic) bond motifs is 5. The van der Waals surface area contributed by atoms with E-state index in [1.54, 1.807) is 5.57 Å². The number of hydrogen-bond acceptors (Lipinski definition) is 2. The van der Waals surface area contributed by atoms with E-state index in [2.05, 4.69) is 26.8 Å². The first-order chi connectivity index (χ1) is 10.9. The SMILES string of the molecule is C/C=C1/CCC2C3CCC4CC(O)CCC4(C)C3C(O)CC12C. The van der Waals surface area contributed by atoms with Crippen LogP contribution in [0.4, 0.5) is 0 Å². The third kappa shape index (κ3) is 2.13. The second-order valence-corrected chi connectivity index (χ2v) is 9.55. The van der Waals surface area contributed by atoms with Gasteiger partial charge in [0, 0.05) is 0 Å². The summed E-state index contributed by atoms with van der Waals surface area (Å²) in [6.45, 7) is 7.05. The molecule has 130 valence electrons. The van der Waals surface area contributed by atoms with Crippen LogP contribution in [0.1, 0.15) is 72.1 Å². The highest BCUT2D eigenvalue weighted by Gasteiger charge is 2.61. The minimum absolute atomic E-state index is 0.100. The highest BCUT2D eigenvalue weighted by atomic mass is 16.3. The monoisotopic (exact) mass is 318 g/mol. The van der Waals surface area contributed by atoms with Gasteiger partial charge in [0.25, 0.3) is 0 Å². The molecule has 2 nitrogen and oxygen atoms in total. The van der Waals surface area contributed by atoms with Gasteiger partial charge in [-0.2, -0.15) is 0 Å². The molecule has 0 saturated heterocycles. The van der Waals surface area contributed by atoms with Crippen molar-refractivity contribution in [1.29, 1.82) is 0 Å². The van der Waals surface area contributed by atoms with Crippen molar-refractivity contribution in [2.75, 3.05) is 0 Å². The minimum atomic E-state index is -0.155. The van der Waals surface area contributed by atoms with Gasteiger partial charge >= 0.3 is 0 Å². The van der Waals surface area contributed by atoms with E-state index in [0.717, 1.165) is 31.6 Å². The summed E-state index contributed by atoms with van der Waals surface area (Å²) in [6, 6.07) is 0. The normalized spacial score (nSPS) is 57.7. The molecule has 8 atom stereocenters. The predicted molar refractivity (Wildman–Crippen MR) is 92.9 cm³/mol. The molecule has 4 fully saturated rings. The van der Waals surface area contributed by atoms with E-state index in [4.69, 9.17) is 0 Å². The molecule has 4 saturated carbocycles. The highest BCUT2D eigenvalue weighted by molar-refractivity contribution is 5.24. The van der Waals surface area contributed by atoms with Crippen molar-refractivity contribution in [1.82, 2.24) is 0 Å². The standard InChI is InChI=1S/C21H34O2/c1-4-13-6-8-17-16-7-5-14-11-15(22)9-10-20(14,2)19(16)18(23)12-21(13,17)3/h4,14-19,22-23H,5-12H2,1-3H3/b13-4-. The zero-order valence-electron chi connectivity index (χ0n) is 15.1. The van der Waals surface area contributed by atoms with E-state index >= 15 is 0 Å². The lowest BCUT2D eigenvalue weighted by molar-refractivity contribution is -0.167. The van der Waals surface area contributed by atoms with Gasteiger partial charge in [0.05, 0.1) is 12.2 Å². The van der Waals surface area contributed by atoms with Gasteiger partial charge in [-0.1, -0.05) is 25.5 Å². The summed E-state index contributed by atoms with van der Waals surface area (Å²) in [5.74, 6) is 2.54. The van der Waals surface area contributed by atoms with Crippen molar-refractivity contribution in [3.05, 3.63) is 11.6 Å². The zero-order chi connectivity index (χ0) is 16.4. The third-order valence-electron chi connectivity index (χ3n) is 8.77. The van der Waals surface area contributed by atoms with Gasteiger partial charge in [0.1, 0.15) is 0 Å². The van der Waals surface area contributed by atoms with Crippen LogP contribution in [-0.2, 0) is 0 Å². The summed E-state index contributed by atoms with van der Waals surface area (Å²) in [5, 5.41) is 21.3. The fraction of sp³-hybridized carbons (Fsp3) is 0.905. The van der Waals surface area contributed by atoms with Crippen LogP contribution in [0.25, 0.3) is 0 Å². The smallest absolute Gasteiger partial charge is 0.0584 e. The van der Waals surface area contributed by atoms with E-state index in [1.807, 2.05) is 0 Å². The van der Waals surface area contributed by atoms with Crippen molar-refractivity contribution in [2.45, 2.75) is 84.3 Å². The van der Waals surface area contributed by atoms with Gasteiger partial charge in [-0.25, -0.2) is 0 Å². The molecular weight excluding hydrogens is 284 g/mol. The van der Waals surface area contributed by atoms with Gasteiger partial charge in [0.2, 0.25) is 0 Å². The Labute approximate surface area is 141 Å². The third-order valence-corrected chi connectivity index (χ3v) is 8.77. The van der Waals surface area contributed by atoms with Gasteiger partial charge < -0.3 is 10.2 Å². The molecule has 23 heavy (non-hydrogen) atoms. The Hall–Kier alpha value is -0.340. The Morgan fingerprint density at radius 2 is 1.87 bits per heavy atom. The largest absolute Gasteiger partial charge is 0.393 e. The second-order valence-electron chi connectivity index (χ2n) is 9.55. The quantitative estimate of drug-likeness (QED) is 0.654. The Kier molecular flexibility index (Phi) is 3.74. The number of aliphatic hydroxyl groups excluding tert-OH is 2. The first-order valence-corrected chi connectivity index (χ1v) is 9.92. The lowest BCUT2D eigenvalue weighted by Crippen LogP contribution is -2.58. The van der Waals surface area contributed by atoms with Crippen LogP contribution in [0.5, 0.6) is 0 Å². The topological polar surface area (TPSA) is 40.5 Å². The highest BCUT2D eigenvalue weighted by Crippen LogP contribution is 2.67. The van der Waals surface area contributed by atoms with Crippen LogP contribution >= 0.6 is 0 Å². The molecular formula is C21H34O2. The van der Waals surface area contributed by atoms with Crippen LogP contribution in [0, 0.1) is 34.5 Å². The molecule has 4 rings (SSSR count). The maximum Gasteiger partial charge on any atom is 0.0584 e. The molecule has 0 aromatic carbocycles. The fourth-order valence-electron chi connectivity index (χ4n) is 7.68. The Balaban J connectivity index is 1.69. The number of hydrogen-bond donors (Lipinski definition) is 2. The van der Waals surface area contributed by atoms with E-state index in [1.165, 1.54) is 25.7 Å². The Morgan fingerprint density at radius 3 is 2.61 bits per heavy atom. The molecule has 0 heterocycles. The summed E-state index contributed by atoms with van der Waals surface area (Å²) >= 11 is 0. The summed E-state index contributed by atoms with van der Waals surface area (Å²) in [7, 11) is 0. The summed E-state index contributed by atoms with van der Waals surface area (Å²) in [4.78, 5) is 0. The molecule has 2 N–H and O–H groups in total. The molecule has 0 radical (unpaired) electrons. The van der Waals surface area contributed by atoms with E-state index in [-0.39, 0.29) is 23.0 Å². The number of aliphatic hydroxyl groups is 2. The van der Waals surface area contributed by atoms with Crippen molar-refractivity contribution in [3.63, 3.8) is 0 Å². The lowest BCUT2D eigenvalue weighted by atomic mass is 9.44. The maximum atomic E-state index is 11.2. The van der Waals surface area contributed by atoms with E-state index in [0.29, 0.717) is 17.8 Å².